The molecule has 4 aromatic rings. The Labute approximate surface area is 374 Å². The molecule has 15 nitrogen and oxygen atoms in total. The van der Waals surface area contributed by atoms with Gasteiger partial charge in [0.15, 0.2) is 6.17 Å². The van der Waals surface area contributed by atoms with Gasteiger partial charge in [0.2, 0.25) is 17.8 Å². The van der Waals surface area contributed by atoms with E-state index in [-0.39, 0.29) is 78.8 Å². The predicted octanol–water partition coefficient (Wildman–Crippen LogP) is 7.47. The van der Waals surface area contributed by atoms with Gasteiger partial charge in [-0.2, -0.15) is 41.6 Å². The van der Waals surface area contributed by atoms with Crippen LogP contribution in [-0.2, 0) is 21.9 Å². The number of carbonyl (C=O) groups excluding carboxylic acids is 2. The van der Waals surface area contributed by atoms with Crippen LogP contribution in [0.1, 0.15) is 67.0 Å². The van der Waals surface area contributed by atoms with Gasteiger partial charge in [0.25, 0.3) is 17.8 Å². The number of nitriles is 1. The maximum Gasteiger partial charge on any atom is 0.416 e. The van der Waals surface area contributed by atoms with E-state index in [9.17, 15) is 57.9 Å². The minimum absolute atomic E-state index is 0.00898. The normalized spacial score (nSPS) is 20.2. The van der Waals surface area contributed by atoms with Crippen LogP contribution in [0.2, 0.25) is 0 Å². The lowest BCUT2D eigenvalue weighted by molar-refractivity contribution is -0.138. The zero-order valence-corrected chi connectivity index (χ0v) is 35.2. The van der Waals surface area contributed by atoms with Crippen molar-refractivity contribution in [3.8, 4) is 6.07 Å². The number of pyridine rings is 2. The minimum atomic E-state index is -4.57. The molecule has 358 valence electrons. The summed E-state index contributed by atoms with van der Waals surface area (Å²) in [6, 6.07) is 8.07. The molecule has 8 heterocycles. The van der Waals surface area contributed by atoms with Crippen LogP contribution in [0.25, 0.3) is 0 Å². The summed E-state index contributed by atoms with van der Waals surface area (Å²) in [5.41, 5.74) is -0.947. The second kappa shape index (κ2) is 18.9. The van der Waals surface area contributed by atoms with Gasteiger partial charge in [0.1, 0.15) is 29.7 Å². The van der Waals surface area contributed by atoms with Crippen molar-refractivity contribution in [3.05, 3.63) is 71.3 Å². The molecule has 0 aliphatic carbocycles. The molecule has 2 N–H and O–H groups in total. The van der Waals surface area contributed by atoms with Crippen molar-refractivity contribution in [2.24, 2.45) is 0 Å². The SMILES string of the molecule is CCC(F)C(=O)N1CCC(c2cc(Nc3cc(C(F)(F)F)ccn3)nc(N3CC(F)(F)C3)n2)C1.N#CCC(=O)N1CCC(c2cc(Nc3cc(C(F)(F)F)ccn3)nc(N3CC(F)(F)C3)n2)C1. The van der Waals surface area contributed by atoms with E-state index in [0.29, 0.717) is 37.3 Å². The van der Waals surface area contributed by atoms with Crippen molar-refractivity contribution >= 4 is 47.0 Å². The highest BCUT2D eigenvalue weighted by Crippen LogP contribution is 2.37. The number of anilines is 6. The molecule has 4 fully saturated rings. The highest BCUT2D eigenvalue weighted by molar-refractivity contribution is 5.81. The third-order valence-electron chi connectivity index (χ3n) is 11.1. The Morgan fingerprint density at radius 2 is 1.15 bits per heavy atom. The van der Waals surface area contributed by atoms with Crippen molar-refractivity contribution in [2.45, 2.75) is 74.8 Å². The lowest BCUT2D eigenvalue weighted by Gasteiger charge is -2.38. The first-order valence-corrected chi connectivity index (χ1v) is 20.7. The number of nitrogens with zero attached hydrogens (tertiary/aromatic N) is 11. The monoisotopic (exact) mass is 955 g/mol. The average Bonchev–Trinajstić information content (AvgIpc) is 3.96. The van der Waals surface area contributed by atoms with Crippen LogP contribution >= 0.6 is 0 Å². The summed E-state index contributed by atoms with van der Waals surface area (Å²) in [6.07, 6.45) is -7.94. The fraction of sp³-hybridized carbons (Fsp3) is 0.488. The van der Waals surface area contributed by atoms with Gasteiger partial charge in [0, 0.05) is 62.5 Å². The van der Waals surface area contributed by atoms with Crippen LogP contribution in [0.3, 0.4) is 0 Å². The maximum atomic E-state index is 13.8. The highest BCUT2D eigenvalue weighted by Gasteiger charge is 2.47. The van der Waals surface area contributed by atoms with Gasteiger partial charge in [-0.25, -0.2) is 41.9 Å². The third kappa shape index (κ3) is 11.8. The third-order valence-corrected chi connectivity index (χ3v) is 11.1. The number of amides is 2. The van der Waals surface area contributed by atoms with Crippen molar-refractivity contribution in [1.82, 2.24) is 39.7 Å². The van der Waals surface area contributed by atoms with E-state index in [2.05, 4.69) is 40.5 Å². The minimum Gasteiger partial charge on any atom is -0.341 e. The first-order chi connectivity index (χ1) is 31.5. The first kappa shape index (κ1) is 48.3. The molecule has 0 saturated carbocycles. The molecule has 4 saturated heterocycles. The van der Waals surface area contributed by atoms with Crippen LogP contribution in [0.5, 0.6) is 0 Å². The van der Waals surface area contributed by atoms with E-state index >= 15 is 0 Å². The summed E-state index contributed by atoms with van der Waals surface area (Å²) < 4.78 is 146. The number of likely N-dealkylation sites (tertiary alicyclic amines) is 2. The average molecular weight is 956 g/mol. The molecule has 0 aromatic carbocycles. The van der Waals surface area contributed by atoms with E-state index in [0.717, 1.165) is 36.7 Å². The lowest BCUT2D eigenvalue weighted by atomic mass is 10.0. The summed E-state index contributed by atoms with van der Waals surface area (Å²) in [7, 11) is 0. The molecule has 0 spiro atoms. The second-order valence-electron chi connectivity index (χ2n) is 16.3. The van der Waals surface area contributed by atoms with Crippen molar-refractivity contribution < 1.29 is 57.9 Å². The van der Waals surface area contributed by atoms with Crippen LogP contribution < -0.4 is 20.4 Å². The Morgan fingerprint density at radius 3 is 1.55 bits per heavy atom. The molecule has 8 rings (SSSR count). The van der Waals surface area contributed by atoms with Gasteiger partial charge in [-0.3, -0.25) is 9.59 Å². The fourth-order valence-corrected chi connectivity index (χ4v) is 7.64. The van der Waals surface area contributed by atoms with Crippen molar-refractivity contribution in [3.63, 3.8) is 0 Å². The summed E-state index contributed by atoms with van der Waals surface area (Å²) in [4.78, 5) is 54.5. The topological polar surface area (TPSA) is 172 Å². The van der Waals surface area contributed by atoms with Gasteiger partial charge in [-0.1, -0.05) is 6.92 Å². The van der Waals surface area contributed by atoms with Crippen molar-refractivity contribution in [1.29, 1.82) is 5.26 Å². The Bertz CT molecular complexity index is 2490. The number of hydrogen-bond donors (Lipinski definition) is 2. The van der Waals surface area contributed by atoms with E-state index in [1.165, 1.54) is 31.7 Å². The van der Waals surface area contributed by atoms with Crippen LogP contribution in [0.15, 0.2) is 48.8 Å². The molecule has 26 heteroatoms. The summed E-state index contributed by atoms with van der Waals surface area (Å²) in [6.45, 7) is 0.425. The Kier molecular flexibility index (Phi) is 13.6. The number of alkyl halides is 11. The lowest BCUT2D eigenvalue weighted by Crippen LogP contribution is -2.57. The molecule has 67 heavy (non-hydrogen) atoms. The van der Waals surface area contributed by atoms with Gasteiger partial charge in [0.05, 0.1) is 54.8 Å². The van der Waals surface area contributed by atoms with E-state index in [1.54, 1.807) is 13.0 Å². The molecule has 3 unspecified atom stereocenters. The molecule has 4 aliphatic rings. The summed E-state index contributed by atoms with van der Waals surface area (Å²) >= 11 is 0. The largest absolute Gasteiger partial charge is 0.416 e. The highest BCUT2D eigenvalue weighted by atomic mass is 19.4. The predicted molar refractivity (Wildman–Crippen MR) is 217 cm³/mol. The molecule has 0 bridgehead atoms. The van der Waals surface area contributed by atoms with Crippen LogP contribution in [0, 0.1) is 11.3 Å². The quantitative estimate of drug-likeness (QED) is 0.142. The molecule has 3 atom stereocenters. The number of rotatable bonds is 11. The molecule has 4 aromatic heterocycles. The zero-order chi connectivity index (χ0) is 48.5. The fourth-order valence-electron chi connectivity index (χ4n) is 7.64. The maximum absolute atomic E-state index is 13.8. The molecular formula is C41H40F11N13O2. The van der Waals surface area contributed by atoms with E-state index in [4.69, 9.17) is 5.26 Å². The summed E-state index contributed by atoms with van der Waals surface area (Å²) in [5, 5.41) is 14.1. The Morgan fingerprint density at radius 1 is 0.716 bits per heavy atom. The number of aromatic nitrogens is 6. The molecule has 4 aliphatic heterocycles. The second-order valence-corrected chi connectivity index (χ2v) is 16.3. The standard InChI is InChI=1S/C21H22F6N6O.C20H18F5N7O/c1-2-14(22)18(34)32-6-4-12(9-32)15-8-17(31-19(29-15)33-10-20(23,24)11-33)30-16-7-13(3-5-28-16)21(25,26)27;21-19(22)10-32(11-19)18-28-14(12-3-6-31(9-12)17(33)1-4-26)8-16(30-18)29-15-7-13(2-5-27-15)20(23,24)25/h3,5,7-8,12,14H,2,4,6,9-11H2,1H3,(H,28,29,30,31);2,5,7-8,12H,1,3,6,9-11H2,(H,27,28,29,30). The van der Waals surface area contributed by atoms with Crippen LogP contribution in [0.4, 0.5) is 83.5 Å². The summed E-state index contributed by atoms with van der Waals surface area (Å²) in [5.74, 6) is -7.34. The van der Waals surface area contributed by atoms with E-state index < -0.39 is 73.6 Å². The molecule has 0 radical (unpaired) electrons. The Hall–Kier alpha value is -6.68. The van der Waals surface area contributed by atoms with Crippen molar-refractivity contribution in [2.75, 3.05) is 72.8 Å². The van der Waals surface area contributed by atoms with Crippen LogP contribution in [-0.4, -0.2) is 122 Å². The van der Waals surface area contributed by atoms with Gasteiger partial charge in [-0.15, -0.1) is 0 Å². The number of carbonyl (C=O) groups is 2. The van der Waals surface area contributed by atoms with Gasteiger partial charge < -0.3 is 30.2 Å². The smallest absolute Gasteiger partial charge is 0.341 e. The molecular weight excluding hydrogens is 916 g/mol. The Balaban J connectivity index is 0.000000199. The molecule has 2 amide bonds. The van der Waals surface area contributed by atoms with Gasteiger partial charge >= 0.3 is 12.4 Å². The number of halogens is 11. The first-order valence-electron chi connectivity index (χ1n) is 20.7. The van der Waals surface area contributed by atoms with Gasteiger partial charge in [-0.05, 0) is 43.5 Å². The number of hydrogen-bond acceptors (Lipinski definition) is 13. The van der Waals surface area contributed by atoms with E-state index in [1.807, 2.05) is 0 Å². The zero-order valence-electron chi connectivity index (χ0n) is 35.2. The number of nitrogens with one attached hydrogen (secondary N) is 2.